The summed E-state index contributed by atoms with van der Waals surface area (Å²) in [5.41, 5.74) is -0.277. The van der Waals surface area contributed by atoms with Gasteiger partial charge in [0.15, 0.2) is 0 Å². The Morgan fingerprint density at radius 1 is 1.17 bits per heavy atom. The quantitative estimate of drug-likeness (QED) is 0.632. The van der Waals surface area contributed by atoms with Gasteiger partial charge in [0.2, 0.25) is 0 Å². The molecule has 0 aromatic heterocycles. The van der Waals surface area contributed by atoms with E-state index in [-0.39, 0.29) is 5.41 Å². The zero-order valence-electron chi connectivity index (χ0n) is 15.7. The number of alkyl halides is 1. The van der Waals surface area contributed by atoms with Crippen molar-refractivity contribution in [2.75, 3.05) is 5.33 Å². The summed E-state index contributed by atoms with van der Waals surface area (Å²) in [5.74, 6) is 3.96. The van der Waals surface area contributed by atoms with Gasteiger partial charge in [0.1, 0.15) is 5.78 Å². The zero-order valence-corrected chi connectivity index (χ0v) is 17.3. The second-order valence-electron chi connectivity index (χ2n) is 9.75. The van der Waals surface area contributed by atoms with E-state index in [0.717, 1.165) is 36.5 Å². The molecule has 3 heteroatoms. The maximum absolute atomic E-state index is 12.4. The van der Waals surface area contributed by atoms with Gasteiger partial charge in [-0.3, -0.25) is 4.79 Å². The van der Waals surface area contributed by atoms with E-state index in [4.69, 9.17) is 0 Å². The van der Waals surface area contributed by atoms with Crippen LogP contribution in [0.5, 0.6) is 0 Å². The molecule has 0 amide bonds. The van der Waals surface area contributed by atoms with Crippen molar-refractivity contribution >= 4 is 21.7 Å². The van der Waals surface area contributed by atoms with Crippen LogP contribution < -0.4 is 0 Å². The monoisotopic (exact) mass is 398 g/mol. The molecule has 6 atom stereocenters. The lowest BCUT2D eigenvalue weighted by Gasteiger charge is -2.53. The van der Waals surface area contributed by atoms with Crippen LogP contribution in [0.15, 0.2) is 0 Å². The third-order valence-corrected chi connectivity index (χ3v) is 8.41. The van der Waals surface area contributed by atoms with E-state index in [0.29, 0.717) is 17.0 Å². The minimum absolute atomic E-state index is 0.254. The van der Waals surface area contributed by atoms with E-state index in [1.54, 1.807) is 0 Å². The SMILES string of the molecule is CC(C)(O)CCC1CCCC2C1CCC1(C)C(C(=O)CBr)CCC21. The molecule has 6 unspecified atom stereocenters. The third-order valence-electron chi connectivity index (χ3n) is 7.86. The molecule has 3 aliphatic rings. The summed E-state index contributed by atoms with van der Waals surface area (Å²) in [5, 5.41) is 10.6. The Hall–Kier alpha value is 0.110. The maximum Gasteiger partial charge on any atom is 0.147 e. The first kappa shape index (κ1) is 18.9. The highest BCUT2D eigenvalue weighted by molar-refractivity contribution is 9.09. The summed E-state index contributed by atoms with van der Waals surface area (Å²) in [6.07, 6.45) is 11.1. The molecule has 1 N–H and O–H groups in total. The maximum atomic E-state index is 12.4. The summed E-state index contributed by atoms with van der Waals surface area (Å²) < 4.78 is 0. The molecule has 2 nitrogen and oxygen atoms in total. The molecular weight excluding hydrogens is 364 g/mol. The number of ketones is 1. The van der Waals surface area contributed by atoms with Crippen molar-refractivity contribution in [3.63, 3.8) is 0 Å². The molecule has 0 bridgehead atoms. The smallest absolute Gasteiger partial charge is 0.147 e. The second-order valence-corrected chi connectivity index (χ2v) is 10.3. The molecule has 0 aromatic carbocycles. The third kappa shape index (κ3) is 3.49. The molecule has 0 heterocycles. The van der Waals surface area contributed by atoms with Crippen LogP contribution in [0.25, 0.3) is 0 Å². The van der Waals surface area contributed by atoms with E-state index in [1.165, 1.54) is 44.9 Å². The highest BCUT2D eigenvalue weighted by atomic mass is 79.9. The van der Waals surface area contributed by atoms with Crippen molar-refractivity contribution in [1.29, 1.82) is 0 Å². The Morgan fingerprint density at radius 3 is 2.58 bits per heavy atom. The van der Waals surface area contributed by atoms with Gasteiger partial charge in [-0.25, -0.2) is 0 Å². The van der Waals surface area contributed by atoms with Crippen LogP contribution in [-0.4, -0.2) is 21.8 Å². The van der Waals surface area contributed by atoms with Gasteiger partial charge in [-0.2, -0.15) is 0 Å². The lowest BCUT2D eigenvalue weighted by atomic mass is 9.52. The lowest BCUT2D eigenvalue weighted by molar-refractivity contribution is -0.126. The molecule has 3 fully saturated rings. The van der Waals surface area contributed by atoms with Gasteiger partial charge < -0.3 is 5.11 Å². The van der Waals surface area contributed by atoms with Crippen LogP contribution in [0, 0.1) is 35.0 Å². The Morgan fingerprint density at radius 2 is 1.92 bits per heavy atom. The van der Waals surface area contributed by atoms with E-state index < -0.39 is 5.60 Å². The van der Waals surface area contributed by atoms with Gasteiger partial charge in [0.25, 0.3) is 0 Å². The fraction of sp³-hybridized carbons (Fsp3) is 0.952. The Labute approximate surface area is 156 Å². The average Bonchev–Trinajstić information content (AvgIpc) is 2.89. The van der Waals surface area contributed by atoms with Gasteiger partial charge in [-0.1, -0.05) is 35.7 Å². The number of carbonyl (C=O) groups is 1. The standard InChI is InChI=1S/C21H35BrO2/c1-20(2,24)11-9-14-5-4-6-16-15(14)10-12-21(3)17(16)7-8-18(21)19(23)13-22/h14-18,24H,4-13H2,1-3H3. The molecule has 24 heavy (non-hydrogen) atoms. The molecule has 138 valence electrons. The number of carbonyl (C=O) groups excluding carboxylic acids is 1. The number of hydrogen-bond donors (Lipinski definition) is 1. The fourth-order valence-corrected chi connectivity index (χ4v) is 7.06. The van der Waals surface area contributed by atoms with E-state index in [1.807, 2.05) is 13.8 Å². The molecule has 0 aliphatic heterocycles. The van der Waals surface area contributed by atoms with Gasteiger partial charge in [0, 0.05) is 5.92 Å². The number of hydrogen-bond acceptors (Lipinski definition) is 2. The highest BCUT2D eigenvalue weighted by Crippen LogP contribution is 2.62. The summed E-state index contributed by atoms with van der Waals surface area (Å²) in [6, 6.07) is 0. The van der Waals surface area contributed by atoms with Gasteiger partial charge in [-0.15, -0.1) is 0 Å². The van der Waals surface area contributed by atoms with Crippen molar-refractivity contribution in [3.05, 3.63) is 0 Å². The molecule has 3 rings (SSSR count). The number of Topliss-reactive ketones (excluding diaryl/α,β-unsaturated/α-hetero) is 1. The van der Waals surface area contributed by atoms with Crippen molar-refractivity contribution in [2.45, 2.75) is 84.2 Å². The fourth-order valence-electron chi connectivity index (χ4n) is 6.67. The van der Waals surface area contributed by atoms with Crippen molar-refractivity contribution in [3.8, 4) is 0 Å². The molecule has 0 saturated heterocycles. The van der Waals surface area contributed by atoms with Gasteiger partial charge in [-0.05, 0) is 87.9 Å². The molecule has 0 spiro atoms. The van der Waals surface area contributed by atoms with E-state index in [2.05, 4.69) is 22.9 Å². The van der Waals surface area contributed by atoms with Crippen molar-refractivity contribution in [2.24, 2.45) is 35.0 Å². The average molecular weight is 399 g/mol. The number of rotatable bonds is 5. The summed E-state index contributed by atoms with van der Waals surface area (Å²) in [7, 11) is 0. The zero-order chi connectivity index (χ0) is 17.5. The van der Waals surface area contributed by atoms with Crippen LogP contribution in [-0.2, 0) is 4.79 Å². The summed E-state index contributed by atoms with van der Waals surface area (Å²) in [6.45, 7) is 6.31. The highest BCUT2D eigenvalue weighted by Gasteiger charge is 2.56. The first-order valence-electron chi connectivity index (χ1n) is 10.1. The number of aliphatic hydroxyl groups is 1. The first-order valence-corrected chi connectivity index (χ1v) is 11.2. The summed E-state index contributed by atoms with van der Waals surface area (Å²) in [4.78, 5) is 12.4. The van der Waals surface area contributed by atoms with E-state index >= 15 is 0 Å². The van der Waals surface area contributed by atoms with Crippen molar-refractivity contribution in [1.82, 2.24) is 0 Å². The first-order chi connectivity index (χ1) is 11.3. The van der Waals surface area contributed by atoms with Crippen LogP contribution in [0.4, 0.5) is 0 Å². The normalized spacial score (nSPS) is 42.5. The largest absolute Gasteiger partial charge is 0.390 e. The van der Waals surface area contributed by atoms with Gasteiger partial charge >= 0.3 is 0 Å². The number of fused-ring (bicyclic) bond motifs is 3. The molecule has 0 aromatic rings. The molecule has 0 radical (unpaired) electrons. The molecular formula is C21H35BrO2. The second kappa shape index (κ2) is 7.02. The Kier molecular flexibility index (Phi) is 5.53. The minimum Gasteiger partial charge on any atom is -0.390 e. The lowest BCUT2D eigenvalue weighted by Crippen LogP contribution is -2.46. The van der Waals surface area contributed by atoms with Gasteiger partial charge in [0.05, 0.1) is 10.9 Å². The predicted molar refractivity (Wildman–Crippen MR) is 102 cm³/mol. The van der Waals surface area contributed by atoms with Crippen LogP contribution in [0.2, 0.25) is 0 Å². The Bertz CT molecular complexity index is 469. The number of halogens is 1. The van der Waals surface area contributed by atoms with E-state index in [9.17, 15) is 9.90 Å². The topological polar surface area (TPSA) is 37.3 Å². The van der Waals surface area contributed by atoms with Crippen molar-refractivity contribution < 1.29 is 9.90 Å². The van der Waals surface area contributed by atoms with Crippen LogP contribution in [0.3, 0.4) is 0 Å². The molecule has 3 aliphatic carbocycles. The molecule has 3 saturated carbocycles. The predicted octanol–water partition coefficient (Wildman–Crippen LogP) is 5.36. The van der Waals surface area contributed by atoms with Crippen LogP contribution in [0.1, 0.15) is 78.6 Å². The summed E-state index contributed by atoms with van der Waals surface area (Å²) >= 11 is 3.41. The van der Waals surface area contributed by atoms with Crippen LogP contribution >= 0.6 is 15.9 Å². The Balaban J connectivity index is 1.72. The minimum atomic E-state index is -0.531.